The Morgan fingerprint density at radius 1 is 0.889 bits per heavy atom. The highest BCUT2D eigenvalue weighted by molar-refractivity contribution is 5.78. The third-order valence-electron chi connectivity index (χ3n) is 3.86. The van der Waals surface area contributed by atoms with Crippen molar-refractivity contribution in [1.82, 2.24) is 0 Å². The van der Waals surface area contributed by atoms with Gasteiger partial charge in [0, 0.05) is 12.8 Å². The molecule has 2 fully saturated rings. The molecular formula is C16H26O2. The van der Waals surface area contributed by atoms with Gasteiger partial charge in [0.15, 0.2) is 0 Å². The molecule has 2 heteroatoms. The Bertz CT molecular complexity index is 270. The van der Waals surface area contributed by atoms with Crippen LogP contribution in [0.1, 0.15) is 77.0 Å². The monoisotopic (exact) mass is 250 g/mol. The second-order valence-corrected chi connectivity index (χ2v) is 5.54. The highest BCUT2D eigenvalue weighted by Crippen LogP contribution is 2.25. The molecular weight excluding hydrogens is 224 g/mol. The Balaban J connectivity index is 0.000000184. The molecule has 0 amide bonds. The number of ketones is 1. The summed E-state index contributed by atoms with van der Waals surface area (Å²) in [5.41, 5.74) is -0.767. The second-order valence-electron chi connectivity index (χ2n) is 5.54. The molecule has 0 unspecified atom stereocenters. The third kappa shape index (κ3) is 6.21. The number of carbonyl (C=O) groups is 1. The lowest BCUT2D eigenvalue weighted by atomic mass is 9.96. The number of carbonyl (C=O) groups excluding carboxylic acids is 1. The Morgan fingerprint density at radius 2 is 1.33 bits per heavy atom. The third-order valence-corrected chi connectivity index (χ3v) is 3.86. The van der Waals surface area contributed by atoms with Gasteiger partial charge in [-0.3, -0.25) is 4.79 Å². The molecule has 0 saturated heterocycles. The first-order valence-electron chi connectivity index (χ1n) is 7.38. The van der Waals surface area contributed by atoms with E-state index in [9.17, 15) is 9.90 Å². The summed E-state index contributed by atoms with van der Waals surface area (Å²) in [5, 5.41) is 9.62. The van der Waals surface area contributed by atoms with Crippen LogP contribution in [-0.2, 0) is 4.79 Å². The molecule has 0 radical (unpaired) electrons. The van der Waals surface area contributed by atoms with Gasteiger partial charge in [0.05, 0.1) is 0 Å². The zero-order valence-corrected chi connectivity index (χ0v) is 11.4. The second kappa shape index (κ2) is 8.32. The minimum atomic E-state index is -0.767. The van der Waals surface area contributed by atoms with E-state index in [0.29, 0.717) is 5.78 Å². The molecule has 0 spiro atoms. The minimum absolute atomic E-state index is 0.475. The average molecular weight is 250 g/mol. The van der Waals surface area contributed by atoms with E-state index in [1.807, 2.05) is 0 Å². The van der Waals surface area contributed by atoms with Gasteiger partial charge in [-0.05, 0) is 38.5 Å². The van der Waals surface area contributed by atoms with Crippen molar-refractivity contribution in [2.45, 2.75) is 82.7 Å². The highest BCUT2D eigenvalue weighted by Gasteiger charge is 2.24. The lowest BCUT2D eigenvalue weighted by molar-refractivity contribution is -0.118. The van der Waals surface area contributed by atoms with Gasteiger partial charge >= 0.3 is 0 Å². The van der Waals surface area contributed by atoms with Crippen molar-refractivity contribution in [3.63, 3.8) is 0 Å². The summed E-state index contributed by atoms with van der Waals surface area (Å²) >= 11 is 0. The van der Waals surface area contributed by atoms with Crippen LogP contribution in [0.2, 0.25) is 0 Å². The summed E-state index contributed by atoms with van der Waals surface area (Å²) in [6, 6.07) is 0. The molecule has 0 aromatic rings. The fourth-order valence-corrected chi connectivity index (χ4v) is 2.58. The molecule has 2 aliphatic rings. The first kappa shape index (κ1) is 15.2. The number of aliphatic hydroxyl groups is 1. The van der Waals surface area contributed by atoms with Crippen LogP contribution in [0.3, 0.4) is 0 Å². The Kier molecular flexibility index (Phi) is 7.05. The van der Waals surface area contributed by atoms with E-state index in [-0.39, 0.29) is 0 Å². The predicted octanol–water partition coefficient (Wildman–Crippen LogP) is 3.61. The van der Waals surface area contributed by atoms with Crippen LogP contribution in [0.4, 0.5) is 0 Å². The average Bonchev–Trinajstić information content (AvgIpc) is 2.73. The zero-order chi connectivity index (χ0) is 13.3. The van der Waals surface area contributed by atoms with Crippen molar-refractivity contribution < 1.29 is 9.90 Å². The minimum Gasteiger partial charge on any atom is -0.378 e. The summed E-state index contributed by atoms with van der Waals surface area (Å²) < 4.78 is 0. The van der Waals surface area contributed by atoms with Crippen LogP contribution in [0.5, 0.6) is 0 Å². The van der Waals surface area contributed by atoms with Crippen LogP contribution in [0.15, 0.2) is 0 Å². The molecule has 0 heterocycles. The Labute approximate surface area is 111 Å². The number of rotatable bonds is 0. The molecule has 102 valence electrons. The van der Waals surface area contributed by atoms with E-state index in [4.69, 9.17) is 6.42 Å². The van der Waals surface area contributed by atoms with Crippen molar-refractivity contribution in [2.75, 3.05) is 0 Å². The number of hydrogen-bond acceptors (Lipinski definition) is 2. The van der Waals surface area contributed by atoms with Crippen LogP contribution in [0.25, 0.3) is 0 Å². The summed E-state index contributed by atoms with van der Waals surface area (Å²) in [5.74, 6) is 2.95. The van der Waals surface area contributed by atoms with Gasteiger partial charge in [0.25, 0.3) is 0 Å². The maximum absolute atomic E-state index is 10.7. The van der Waals surface area contributed by atoms with Crippen molar-refractivity contribution in [2.24, 2.45) is 0 Å². The van der Waals surface area contributed by atoms with E-state index in [1.165, 1.54) is 25.7 Å². The van der Waals surface area contributed by atoms with Gasteiger partial charge in [-0.15, -0.1) is 6.42 Å². The van der Waals surface area contributed by atoms with Crippen LogP contribution in [0, 0.1) is 12.3 Å². The molecule has 2 rings (SSSR count). The first-order chi connectivity index (χ1) is 8.66. The molecule has 0 atom stereocenters. The summed E-state index contributed by atoms with van der Waals surface area (Å²) in [6.45, 7) is 0. The zero-order valence-electron chi connectivity index (χ0n) is 11.4. The smallest absolute Gasteiger partial charge is 0.132 e. The van der Waals surface area contributed by atoms with Gasteiger partial charge in [-0.1, -0.05) is 31.6 Å². The van der Waals surface area contributed by atoms with Crippen molar-refractivity contribution >= 4 is 5.78 Å². The van der Waals surface area contributed by atoms with Gasteiger partial charge in [0.2, 0.25) is 0 Å². The lowest BCUT2D eigenvalue weighted by Crippen LogP contribution is -2.24. The fraction of sp³-hybridized carbons (Fsp3) is 0.812. The molecule has 2 aliphatic carbocycles. The SMILES string of the molecule is C#CC1(O)CCCCCC1.O=C1CCCCCC1. The van der Waals surface area contributed by atoms with Crippen molar-refractivity contribution in [1.29, 1.82) is 0 Å². The Hall–Kier alpha value is -0.810. The molecule has 18 heavy (non-hydrogen) atoms. The fourth-order valence-electron chi connectivity index (χ4n) is 2.58. The topological polar surface area (TPSA) is 37.3 Å². The molecule has 0 aliphatic heterocycles. The predicted molar refractivity (Wildman–Crippen MR) is 74.2 cm³/mol. The first-order valence-corrected chi connectivity index (χ1v) is 7.38. The van der Waals surface area contributed by atoms with Crippen LogP contribution < -0.4 is 0 Å². The summed E-state index contributed by atoms with van der Waals surface area (Å²) in [7, 11) is 0. The van der Waals surface area contributed by atoms with Crippen molar-refractivity contribution in [3.8, 4) is 12.3 Å². The molecule has 2 saturated carbocycles. The summed E-state index contributed by atoms with van der Waals surface area (Å²) in [4.78, 5) is 10.7. The number of Topliss-reactive ketones (excluding diaryl/α,β-unsaturated/α-hetero) is 1. The summed E-state index contributed by atoms with van der Waals surface area (Å²) in [6.07, 6.45) is 17.9. The van der Waals surface area contributed by atoms with E-state index < -0.39 is 5.60 Å². The molecule has 1 N–H and O–H groups in total. The maximum atomic E-state index is 10.7. The maximum Gasteiger partial charge on any atom is 0.132 e. The van der Waals surface area contributed by atoms with Crippen LogP contribution >= 0.6 is 0 Å². The van der Waals surface area contributed by atoms with Gasteiger partial charge in [-0.25, -0.2) is 0 Å². The Morgan fingerprint density at radius 3 is 1.78 bits per heavy atom. The van der Waals surface area contributed by atoms with Crippen LogP contribution in [-0.4, -0.2) is 16.5 Å². The molecule has 0 aromatic carbocycles. The van der Waals surface area contributed by atoms with E-state index in [2.05, 4.69) is 5.92 Å². The number of hydrogen-bond donors (Lipinski definition) is 1. The normalized spacial score (nSPS) is 23.9. The standard InChI is InChI=1S/C9H14O.C7H12O/c1-2-9(10)7-5-3-4-6-8-9;8-7-5-3-1-2-4-6-7/h1,10H,3-8H2;1-6H2. The highest BCUT2D eigenvalue weighted by atomic mass is 16.3. The van der Waals surface area contributed by atoms with E-state index >= 15 is 0 Å². The number of terminal acetylenes is 1. The lowest BCUT2D eigenvalue weighted by Gasteiger charge is -2.18. The largest absolute Gasteiger partial charge is 0.378 e. The van der Waals surface area contributed by atoms with Gasteiger partial charge < -0.3 is 5.11 Å². The van der Waals surface area contributed by atoms with E-state index in [0.717, 1.165) is 51.4 Å². The van der Waals surface area contributed by atoms with Crippen molar-refractivity contribution in [3.05, 3.63) is 0 Å². The molecule has 2 nitrogen and oxygen atoms in total. The van der Waals surface area contributed by atoms with E-state index in [1.54, 1.807) is 0 Å². The molecule has 0 bridgehead atoms. The molecule has 0 aromatic heterocycles. The quantitative estimate of drug-likeness (QED) is 0.526. The van der Waals surface area contributed by atoms with Gasteiger partial charge in [-0.2, -0.15) is 0 Å². The van der Waals surface area contributed by atoms with Gasteiger partial charge in [0.1, 0.15) is 11.4 Å².